The van der Waals surface area contributed by atoms with Gasteiger partial charge in [-0.25, -0.2) is 0 Å². The Morgan fingerprint density at radius 2 is 1.95 bits per heavy atom. The van der Waals surface area contributed by atoms with Crippen LogP contribution in [0.5, 0.6) is 0 Å². The van der Waals surface area contributed by atoms with E-state index in [0.717, 1.165) is 13.0 Å². The quantitative estimate of drug-likeness (QED) is 0.865. The summed E-state index contributed by atoms with van der Waals surface area (Å²) in [6.45, 7) is 5.05. The van der Waals surface area contributed by atoms with Gasteiger partial charge in [0.25, 0.3) is 0 Å². The maximum Gasteiger partial charge on any atom is 0.323 e. The molecular weight excluding hydrogens is 274 g/mol. The molecule has 0 amide bonds. The number of carbonyl (C=O) groups is 1. The third-order valence-corrected chi connectivity index (χ3v) is 5.38. The standard InChI is InChI=1S/C19H27NO2/c1-14-8-4-5-9-16(14)19(10-6-3-7-11-19)13-20-17-12-15(2)22-18(17)21/h4-5,8-9,15,17,20H,3,6-7,10-13H2,1-2H3/t15-,17+/m1/s1. The van der Waals surface area contributed by atoms with Crippen molar-refractivity contribution in [2.45, 2.75) is 69.9 Å². The minimum Gasteiger partial charge on any atom is -0.461 e. The van der Waals surface area contributed by atoms with Gasteiger partial charge in [0.1, 0.15) is 12.1 Å². The monoisotopic (exact) mass is 301 g/mol. The lowest BCUT2D eigenvalue weighted by molar-refractivity contribution is -0.142. The number of cyclic esters (lactones) is 1. The van der Waals surface area contributed by atoms with Gasteiger partial charge in [0.05, 0.1) is 0 Å². The molecule has 0 bridgehead atoms. The van der Waals surface area contributed by atoms with Crippen molar-refractivity contribution in [1.29, 1.82) is 0 Å². The molecule has 0 aromatic heterocycles. The predicted octanol–water partition coefficient (Wildman–Crippen LogP) is 3.49. The fourth-order valence-corrected chi connectivity index (χ4v) is 4.18. The average molecular weight is 301 g/mol. The van der Waals surface area contributed by atoms with Gasteiger partial charge in [0, 0.05) is 18.4 Å². The summed E-state index contributed by atoms with van der Waals surface area (Å²) in [6.07, 6.45) is 7.15. The molecule has 1 aliphatic heterocycles. The van der Waals surface area contributed by atoms with Crippen molar-refractivity contribution in [2.75, 3.05) is 6.54 Å². The van der Waals surface area contributed by atoms with Crippen molar-refractivity contribution in [3.05, 3.63) is 35.4 Å². The third-order valence-electron chi connectivity index (χ3n) is 5.38. The van der Waals surface area contributed by atoms with E-state index in [0.29, 0.717) is 0 Å². The highest BCUT2D eigenvalue weighted by atomic mass is 16.6. The summed E-state index contributed by atoms with van der Waals surface area (Å²) in [4.78, 5) is 11.9. The molecule has 0 radical (unpaired) electrons. The van der Waals surface area contributed by atoms with E-state index in [1.807, 2.05) is 6.92 Å². The molecule has 2 fully saturated rings. The van der Waals surface area contributed by atoms with Crippen LogP contribution in [0, 0.1) is 6.92 Å². The van der Waals surface area contributed by atoms with Crippen LogP contribution in [0.4, 0.5) is 0 Å². The third kappa shape index (κ3) is 3.05. The zero-order valence-electron chi connectivity index (χ0n) is 13.7. The second-order valence-corrected chi connectivity index (χ2v) is 7.07. The smallest absolute Gasteiger partial charge is 0.323 e. The molecule has 3 heteroatoms. The number of benzene rings is 1. The number of nitrogens with one attached hydrogen (secondary N) is 1. The molecule has 2 atom stereocenters. The van der Waals surface area contributed by atoms with E-state index in [1.54, 1.807) is 0 Å². The van der Waals surface area contributed by atoms with Crippen molar-refractivity contribution in [1.82, 2.24) is 5.32 Å². The molecule has 3 nitrogen and oxygen atoms in total. The highest BCUT2D eigenvalue weighted by molar-refractivity contribution is 5.77. The van der Waals surface area contributed by atoms with E-state index in [2.05, 4.69) is 36.5 Å². The van der Waals surface area contributed by atoms with Crippen LogP contribution in [0.3, 0.4) is 0 Å². The number of hydrogen-bond donors (Lipinski definition) is 1. The van der Waals surface area contributed by atoms with E-state index in [9.17, 15) is 4.79 Å². The Morgan fingerprint density at radius 3 is 2.59 bits per heavy atom. The van der Waals surface area contributed by atoms with Crippen molar-refractivity contribution < 1.29 is 9.53 Å². The normalized spacial score (nSPS) is 27.6. The summed E-state index contributed by atoms with van der Waals surface area (Å²) in [5.74, 6) is -0.0803. The molecule has 1 N–H and O–H groups in total. The number of aryl methyl sites for hydroxylation is 1. The maximum absolute atomic E-state index is 11.9. The predicted molar refractivity (Wildman–Crippen MR) is 87.9 cm³/mol. The zero-order chi connectivity index (χ0) is 15.6. The van der Waals surface area contributed by atoms with E-state index in [1.165, 1.54) is 43.2 Å². The van der Waals surface area contributed by atoms with Crippen molar-refractivity contribution in [3.63, 3.8) is 0 Å². The summed E-state index contributed by atoms with van der Waals surface area (Å²) in [5.41, 5.74) is 3.01. The van der Waals surface area contributed by atoms with Crippen LogP contribution in [0.2, 0.25) is 0 Å². The van der Waals surface area contributed by atoms with Crippen LogP contribution in [0.1, 0.15) is 56.6 Å². The summed E-state index contributed by atoms with van der Waals surface area (Å²) in [5, 5.41) is 3.52. The molecule has 120 valence electrons. The Morgan fingerprint density at radius 1 is 1.23 bits per heavy atom. The average Bonchev–Trinajstić information content (AvgIpc) is 2.84. The first-order valence-corrected chi connectivity index (χ1v) is 8.61. The lowest BCUT2D eigenvalue weighted by Crippen LogP contribution is -2.45. The Balaban J connectivity index is 1.78. The van der Waals surface area contributed by atoms with Crippen LogP contribution < -0.4 is 5.32 Å². The molecule has 1 aromatic carbocycles. The maximum atomic E-state index is 11.9. The topological polar surface area (TPSA) is 38.3 Å². The van der Waals surface area contributed by atoms with Gasteiger partial charge >= 0.3 is 5.97 Å². The summed E-state index contributed by atoms with van der Waals surface area (Å²) in [6, 6.07) is 8.61. The lowest BCUT2D eigenvalue weighted by Gasteiger charge is -2.39. The molecule has 2 aliphatic rings. The van der Waals surface area contributed by atoms with Crippen LogP contribution in [0.25, 0.3) is 0 Å². The van der Waals surface area contributed by atoms with Crippen LogP contribution in [-0.2, 0) is 14.9 Å². The Hall–Kier alpha value is -1.35. The van der Waals surface area contributed by atoms with Gasteiger partial charge in [-0.3, -0.25) is 4.79 Å². The second kappa shape index (κ2) is 6.41. The van der Waals surface area contributed by atoms with E-state index < -0.39 is 0 Å². The van der Waals surface area contributed by atoms with Gasteiger partial charge < -0.3 is 10.1 Å². The molecule has 1 saturated heterocycles. The number of rotatable bonds is 4. The zero-order valence-corrected chi connectivity index (χ0v) is 13.7. The van der Waals surface area contributed by atoms with Gasteiger partial charge in [0.15, 0.2) is 0 Å². The summed E-state index contributed by atoms with van der Waals surface area (Å²) >= 11 is 0. The van der Waals surface area contributed by atoms with Gasteiger partial charge in [-0.2, -0.15) is 0 Å². The fourth-order valence-electron chi connectivity index (χ4n) is 4.18. The molecule has 0 unspecified atom stereocenters. The van der Waals surface area contributed by atoms with Gasteiger partial charge in [-0.1, -0.05) is 43.5 Å². The molecule has 1 heterocycles. The number of carbonyl (C=O) groups excluding carboxylic acids is 1. The Bertz CT molecular complexity index is 534. The van der Waals surface area contributed by atoms with E-state index >= 15 is 0 Å². The van der Waals surface area contributed by atoms with Crippen molar-refractivity contribution in [3.8, 4) is 0 Å². The van der Waals surface area contributed by atoms with Crippen LogP contribution >= 0.6 is 0 Å². The number of ether oxygens (including phenoxy) is 1. The molecule has 1 aromatic rings. The van der Waals surface area contributed by atoms with Crippen molar-refractivity contribution >= 4 is 5.97 Å². The first kappa shape index (κ1) is 15.5. The van der Waals surface area contributed by atoms with Crippen LogP contribution in [-0.4, -0.2) is 24.7 Å². The van der Waals surface area contributed by atoms with Crippen molar-refractivity contribution in [2.24, 2.45) is 0 Å². The summed E-state index contributed by atoms with van der Waals surface area (Å²) in [7, 11) is 0. The van der Waals surface area contributed by atoms with Gasteiger partial charge in [-0.15, -0.1) is 0 Å². The molecular formula is C19H27NO2. The Labute approximate surface area is 133 Å². The molecule has 22 heavy (non-hydrogen) atoms. The van der Waals surface area contributed by atoms with E-state index in [-0.39, 0.29) is 23.5 Å². The number of esters is 1. The highest BCUT2D eigenvalue weighted by Gasteiger charge is 2.38. The first-order valence-electron chi connectivity index (χ1n) is 8.61. The number of hydrogen-bond acceptors (Lipinski definition) is 3. The molecule has 1 saturated carbocycles. The molecule has 3 rings (SSSR count). The summed E-state index contributed by atoms with van der Waals surface area (Å²) < 4.78 is 5.27. The lowest BCUT2D eigenvalue weighted by atomic mass is 9.68. The first-order chi connectivity index (χ1) is 10.6. The second-order valence-electron chi connectivity index (χ2n) is 7.07. The molecule has 1 aliphatic carbocycles. The Kier molecular flexibility index (Phi) is 4.53. The minimum atomic E-state index is -0.127. The van der Waals surface area contributed by atoms with Crippen LogP contribution in [0.15, 0.2) is 24.3 Å². The minimum absolute atomic E-state index is 0.0470. The molecule has 0 spiro atoms. The van der Waals surface area contributed by atoms with E-state index in [4.69, 9.17) is 4.74 Å². The van der Waals surface area contributed by atoms with Gasteiger partial charge in [0.2, 0.25) is 0 Å². The fraction of sp³-hybridized carbons (Fsp3) is 0.632. The SMILES string of the molecule is Cc1ccccc1C1(CN[C@H]2C[C@@H](C)OC2=O)CCCCC1. The van der Waals surface area contributed by atoms with Gasteiger partial charge in [-0.05, 0) is 37.8 Å². The largest absolute Gasteiger partial charge is 0.461 e. The highest BCUT2D eigenvalue weighted by Crippen LogP contribution is 2.40.